The van der Waals surface area contributed by atoms with Gasteiger partial charge in [-0.2, -0.15) is 0 Å². The van der Waals surface area contributed by atoms with Crippen LogP contribution in [0, 0.1) is 0 Å². The number of hydrogen-bond donors (Lipinski definition) is 0. The number of benzene rings is 1. The number of rotatable bonds is 18. The lowest BCUT2D eigenvalue weighted by Gasteiger charge is -2.08. The lowest BCUT2D eigenvalue weighted by molar-refractivity contribution is -0.139. The fourth-order valence-corrected chi connectivity index (χ4v) is 3.26. The van der Waals surface area contributed by atoms with Gasteiger partial charge in [0.1, 0.15) is 5.75 Å². The van der Waals surface area contributed by atoms with Crippen molar-refractivity contribution < 1.29 is 14.3 Å². The summed E-state index contributed by atoms with van der Waals surface area (Å²) in [5.41, 5.74) is 0.927. The molecule has 0 N–H and O–H groups in total. The van der Waals surface area contributed by atoms with Crippen LogP contribution < -0.4 is 4.74 Å². The van der Waals surface area contributed by atoms with Crippen LogP contribution in [0.2, 0.25) is 0 Å². The Morgan fingerprint density at radius 3 is 2.23 bits per heavy atom. The van der Waals surface area contributed by atoms with E-state index >= 15 is 0 Å². The maximum Gasteiger partial charge on any atom is 0.309 e. The van der Waals surface area contributed by atoms with E-state index in [1.807, 2.05) is 24.3 Å². The third kappa shape index (κ3) is 14.9. The van der Waals surface area contributed by atoms with Gasteiger partial charge in [0.05, 0.1) is 20.1 Å². The van der Waals surface area contributed by atoms with Crippen LogP contribution >= 0.6 is 0 Å². The van der Waals surface area contributed by atoms with Crippen LogP contribution in [0.3, 0.4) is 0 Å². The minimum absolute atomic E-state index is 0.225. The number of hydrogen-bond acceptors (Lipinski definition) is 3. The molecule has 1 aromatic carbocycles. The molecule has 0 fully saturated rings. The molecule has 0 amide bonds. The maximum atomic E-state index is 11.3. The van der Waals surface area contributed by atoms with Crippen LogP contribution in [0.4, 0.5) is 0 Å². The molecule has 0 heterocycles. The van der Waals surface area contributed by atoms with Crippen molar-refractivity contribution in [3.8, 4) is 5.75 Å². The Hall–Kier alpha value is -2.03. The molecule has 0 spiro atoms. The molecular weight excluding hydrogens is 372 g/mol. The topological polar surface area (TPSA) is 35.5 Å². The summed E-state index contributed by atoms with van der Waals surface area (Å²) < 4.78 is 10.5. The molecule has 0 aliphatic carbocycles. The van der Waals surface area contributed by atoms with Crippen molar-refractivity contribution in [3.63, 3.8) is 0 Å². The third-order valence-corrected chi connectivity index (χ3v) is 5.09. The highest BCUT2D eigenvalue weighted by atomic mass is 16.5. The van der Waals surface area contributed by atoms with E-state index in [-0.39, 0.29) is 5.97 Å². The van der Waals surface area contributed by atoms with E-state index in [9.17, 15) is 4.79 Å². The first-order valence-electron chi connectivity index (χ1n) is 11.8. The molecule has 1 aromatic rings. The van der Waals surface area contributed by atoms with E-state index in [1.54, 1.807) is 0 Å². The predicted octanol–water partition coefficient (Wildman–Crippen LogP) is 7.59. The summed E-state index contributed by atoms with van der Waals surface area (Å²) in [4.78, 5) is 11.3. The van der Waals surface area contributed by atoms with Gasteiger partial charge in [0, 0.05) is 0 Å². The molecule has 1 rings (SSSR count). The van der Waals surface area contributed by atoms with Crippen molar-refractivity contribution in [3.05, 3.63) is 54.1 Å². The summed E-state index contributed by atoms with van der Waals surface area (Å²) in [5, 5.41) is 0. The second-order valence-corrected chi connectivity index (χ2v) is 7.83. The van der Waals surface area contributed by atoms with Crippen molar-refractivity contribution in [2.24, 2.45) is 0 Å². The standard InChI is InChI=1S/C27H42O3/c1-3-4-5-6-7-8-9-10-11-12-13-14-15-16-17-18-22-30-26-21-19-20-25(23-26)24-27(28)29-2/h7-8,10-11,19-21,23H,3-6,9,12-18,22,24H2,1-2H3/b8-7-,11-10-. The highest BCUT2D eigenvalue weighted by molar-refractivity contribution is 5.72. The Bertz CT molecular complexity index is 604. The van der Waals surface area contributed by atoms with Gasteiger partial charge in [0.2, 0.25) is 0 Å². The molecule has 3 nitrogen and oxygen atoms in total. The molecule has 0 bridgehead atoms. The van der Waals surface area contributed by atoms with Crippen molar-refractivity contribution in [2.45, 2.75) is 90.4 Å². The van der Waals surface area contributed by atoms with Gasteiger partial charge < -0.3 is 9.47 Å². The molecule has 0 aromatic heterocycles. The largest absolute Gasteiger partial charge is 0.494 e. The number of ether oxygens (including phenoxy) is 2. The zero-order valence-corrected chi connectivity index (χ0v) is 19.2. The number of esters is 1. The predicted molar refractivity (Wildman–Crippen MR) is 127 cm³/mol. The highest BCUT2D eigenvalue weighted by Gasteiger charge is 2.04. The minimum atomic E-state index is -0.225. The maximum absolute atomic E-state index is 11.3. The van der Waals surface area contributed by atoms with Gasteiger partial charge in [0.15, 0.2) is 0 Å². The van der Waals surface area contributed by atoms with E-state index < -0.39 is 0 Å². The van der Waals surface area contributed by atoms with E-state index in [1.165, 1.54) is 71.3 Å². The Balaban J connectivity index is 1.94. The average Bonchev–Trinajstić information content (AvgIpc) is 2.76. The van der Waals surface area contributed by atoms with Crippen molar-refractivity contribution in [1.29, 1.82) is 0 Å². The number of allylic oxidation sites excluding steroid dienone is 4. The fourth-order valence-electron chi connectivity index (χ4n) is 3.26. The molecule has 0 saturated heterocycles. The first-order chi connectivity index (χ1) is 14.8. The van der Waals surface area contributed by atoms with Crippen LogP contribution in [0.5, 0.6) is 5.75 Å². The van der Waals surface area contributed by atoms with Gasteiger partial charge in [-0.05, 0) is 56.2 Å². The van der Waals surface area contributed by atoms with E-state index in [0.717, 1.165) is 30.8 Å². The second kappa shape index (κ2) is 19.0. The number of unbranched alkanes of at least 4 members (excludes halogenated alkanes) is 9. The van der Waals surface area contributed by atoms with E-state index in [2.05, 4.69) is 31.2 Å². The van der Waals surface area contributed by atoms with Crippen LogP contribution in [0.15, 0.2) is 48.6 Å². The molecule has 0 radical (unpaired) electrons. The highest BCUT2D eigenvalue weighted by Crippen LogP contribution is 2.15. The van der Waals surface area contributed by atoms with Crippen molar-refractivity contribution >= 4 is 5.97 Å². The summed E-state index contributed by atoms with van der Waals surface area (Å²) >= 11 is 0. The molecular formula is C27H42O3. The number of carbonyl (C=O) groups excluding carboxylic acids is 1. The first kappa shape index (κ1) is 26.0. The summed E-state index contributed by atoms with van der Waals surface area (Å²) in [6.07, 6.45) is 24.5. The second-order valence-electron chi connectivity index (χ2n) is 7.83. The molecule has 0 aliphatic rings. The van der Waals surface area contributed by atoms with Crippen molar-refractivity contribution in [1.82, 2.24) is 0 Å². The lowest BCUT2D eigenvalue weighted by Crippen LogP contribution is -2.04. The Labute approximate surface area is 184 Å². The molecule has 30 heavy (non-hydrogen) atoms. The Morgan fingerprint density at radius 1 is 0.867 bits per heavy atom. The smallest absolute Gasteiger partial charge is 0.309 e. The quantitative estimate of drug-likeness (QED) is 0.141. The average molecular weight is 415 g/mol. The van der Waals surface area contributed by atoms with Crippen LogP contribution in [-0.2, 0) is 16.0 Å². The van der Waals surface area contributed by atoms with Gasteiger partial charge in [-0.25, -0.2) is 0 Å². The molecule has 0 unspecified atom stereocenters. The van der Waals surface area contributed by atoms with Crippen LogP contribution in [0.1, 0.15) is 89.5 Å². The number of methoxy groups -OCH3 is 1. The molecule has 0 aliphatic heterocycles. The van der Waals surface area contributed by atoms with Crippen molar-refractivity contribution in [2.75, 3.05) is 13.7 Å². The van der Waals surface area contributed by atoms with Gasteiger partial charge in [-0.15, -0.1) is 0 Å². The molecule has 0 saturated carbocycles. The minimum Gasteiger partial charge on any atom is -0.494 e. The van der Waals surface area contributed by atoms with Crippen LogP contribution in [-0.4, -0.2) is 19.7 Å². The first-order valence-corrected chi connectivity index (χ1v) is 11.8. The zero-order valence-electron chi connectivity index (χ0n) is 19.2. The Morgan fingerprint density at radius 2 is 1.53 bits per heavy atom. The SMILES string of the molecule is CCCCC/C=C\C/C=C\CCCCCCCCOc1cccc(CC(=O)OC)c1. The number of carbonyl (C=O) groups is 1. The third-order valence-electron chi connectivity index (χ3n) is 5.09. The molecule has 3 heteroatoms. The van der Waals surface area contributed by atoms with E-state index in [0.29, 0.717) is 6.42 Å². The summed E-state index contributed by atoms with van der Waals surface area (Å²) in [7, 11) is 1.41. The lowest BCUT2D eigenvalue weighted by atomic mass is 10.1. The summed E-state index contributed by atoms with van der Waals surface area (Å²) in [6, 6.07) is 7.71. The van der Waals surface area contributed by atoms with Crippen LogP contribution in [0.25, 0.3) is 0 Å². The van der Waals surface area contributed by atoms with Gasteiger partial charge in [0.25, 0.3) is 0 Å². The fraction of sp³-hybridized carbons (Fsp3) is 0.593. The van der Waals surface area contributed by atoms with Gasteiger partial charge in [-0.1, -0.05) is 81.9 Å². The summed E-state index contributed by atoms with van der Waals surface area (Å²) in [5.74, 6) is 0.608. The molecule has 168 valence electrons. The van der Waals surface area contributed by atoms with Gasteiger partial charge >= 0.3 is 5.97 Å². The Kier molecular flexibility index (Phi) is 16.4. The van der Waals surface area contributed by atoms with E-state index in [4.69, 9.17) is 9.47 Å². The van der Waals surface area contributed by atoms with Gasteiger partial charge in [-0.3, -0.25) is 4.79 Å². The zero-order chi connectivity index (χ0) is 21.7. The molecule has 0 atom stereocenters. The normalized spacial score (nSPS) is 11.4. The monoisotopic (exact) mass is 414 g/mol. The summed E-state index contributed by atoms with van der Waals surface area (Å²) in [6.45, 7) is 2.98.